The smallest absolute Gasteiger partial charge is 0.312 e. The molecular weight excluding hydrogens is 316 g/mol. The molecule has 0 unspecified atom stereocenters. The van der Waals surface area contributed by atoms with Crippen LogP contribution < -0.4 is 0 Å². The van der Waals surface area contributed by atoms with Crippen LogP contribution in [0.25, 0.3) is 0 Å². The minimum atomic E-state index is -2.10. The molecular formula is C13H36O3Si4. The number of unbranched alkanes of at least 4 members (excludes halogenated alkanes) is 1. The fraction of sp³-hybridized carbons (Fsp3) is 1.00. The summed E-state index contributed by atoms with van der Waals surface area (Å²) in [5.74, 6) is 0. The highest BCUT2D eigenvalue weighted by Gasteiger charge is 2.42. The molecule has 0 N–H and O–H groups in total. The Balaban J connectivity index is 4.65. The second-order valence-corrected chi connectivity index (χ2v) is 24.4. The summed E-state index contributed by atoms with van der Waals surface area (Å²) >= 11 is 0. The largest absolute Gasteiger partial charge is 0.437 e. The third-order valence-corrected chi connectivity index (χ3v) is 16.8. The molecule has 0 rings (SSSR count). The molecule has 0 aliphatic heterocycles. The van der Waals surface area contributed by atoms with Gasteiger partial charge in [-0.1, -0.05) is 19.8 Å². The maximum atomic E-state index is 6.50. The van der Waals surface area contributed by atoms with Crippen LogP contribution in [0.3, 0.4) is 0 Å². The fourth-order valence-electron chi connectivity index (χ4n) is 2.69. The fourth-order valence-corrected chi connectivity index (χ4v) is 21.3. The zero-order chi connectivity index (χ0) is 16.2. The first-order valence-electron chi connectivity index (χ1n) is 7.79. The van der Waals surface area contributed by atoms with E-state index in [1.54, 1.807) is 0 Å². The van der Waals surface area contributed by atoms with Crippen molar-refractivity contribution < 1.29 is 12.3 Å². The van der Waals surface area contributed by atoms with Crippen molar-refractivity contribution >= 4 is 33.8 Å². The SMILES string of the molecule is CCCC[Si](C)(C)O[Si](C)(C)O[Si](C)(C)O[Si](C)(C)C. The van der Waals surface area contributed by atoms with Gasteiger partial charge in [-0.25, -0.2) is 0 Å². The molecule has 0 aliphatic carbocycles. The summed E-state index contributed by atoms with van der Waals surface area (Å²) < 4.78 is 19.2. The molecule has 0 aromatic carbocycles. The summed E-state index contributed by atoms with van der Waals surface area (Å²) in [4.78, 5) is 0. The van der Waals surface area contributed by atoms with E-state index in [0.29, 0.717) is 0 Å². The summed E-state index contributed by atoms with van der Waals surface area (Å²) in [6.45, 7) is 22.2. The van der Waals surface area contributed by atoms with Gasteiger partial charge in [0.2, 0.25) is 0 Å². The van der Waals surface area contributed by atoms with Gasteiger partial charge in [0.1, 0.15) is 0 Å². The Hall–Kier alpha value is 0.748. The zero-order valence-electron chi connectivity index (χ0n) is 15.3. The van der Waals surface area contributed by atoms with Crippen LogP contribution in [0.2, 0.25) is 65.0 Å². The normalized spacial score (nSPS) is 14.7. The highest BCUT2D eigenvalue weighted by Crippen LogP contribution is 2.26. The van der Waals surface area contributed by atoms with Crippen LogP contribution in [0.4, 0.5) is 0 Å². The van der Waals surface area contributed by atoms with Gasteiger partial charge in [0, 0.05) is 0 Å². The topological polar surface area (TPSA) is 27.7 Å². The molecule has 0 saturated heterocycles. The van der Waals surface area contributed by atoms with Crippen molar-refractivity contribution in [2.75, 3.05) is 0 Å². The highest BCUT2D eigenvalue weighted by molar-refractivity contribution is 6.89. The molecule has 0 bridgehead atoms. The van der Waals surface area contributed by atoms with Gasteiger partial charge >= 0.3 is 17.1 Å². The van der Waals surface area contributed by atoms with Gasteiger partial charge < -0.3 is 12.3 Å². The summed E-state index contributed by atoms with van der Waals surface area (Å²) in [7, 11) is -7.35. The molecule has 0 heterocycles. The van der Waals surface area contributed by atoms with E-state index in [1.807, 2.05) is 0 Å². The molecule has 0 amide bonds. The van der Waals surface area contributed by atoms with E-state index in [1.165, 1.54) is 18.9 Å². The number of hydrogen-bond donors (Lipinski definition) is 0. The van der Waals surface area contributed by atoms with Gasteiger partial charge in [0.15, 0.2) is 16.6 Å². The van der Waals surface area contributed by atoms with Gasteiger partial charge in [-0.05, 0) is 65.0 Å². The molecule has 0 aromatic heterocycles. The van der Waals surface area contributed by atoms with Gasteiger partial charge in [-0.3, -0.25) is 0 Å². The standard InChI is InChI=1S/C13H36O3Si4/c1-11-12-13-18(5,6)15-20(9,10)16-19(7,8)14-17(2,3)4/h11-13H2,1-10H3. The Bertz CT molecular complexity index is 298. The Morgan fingerprint density at radius 1 is 0.650 bits per heavy atom. The van der Waals surface area contributed by atoms with E-state index in [9.17, 15) is 0 Å². The van der Waals surface area contributed by atoms with E-state index in [-0.39, 0.29) is 0 Å². The van der Waals surface area contributed by atoms with Crippen LogP contribution in [0.5, 0.6) is 0 Å². The lowest BCUT2D eigenvalue weighted by Crippen LogP contribution is -2.55. The molecule has 0 atom stereocenters. The first kappa shape index (κ1) is 20.7. The van der Waals surface area contributed by atoms with Crippen LogP contribution in [0.1, 0.15) is 19.8 Å². The summed E-state index contributed by atoms with van der Waals surface area (Å²) in [6.07, 6.45) is 2.50. The molecule has 0 fully saturated rings. The van der Waals surface area contributed by atoms with E-state index < -0.39 is 33.8 Å². The van der Waals surface area contributed by atoms with E-state index in [2.05, 4.69) is 65.8 Å². The lowest BCUT2D eigenvalue weighted by molar-refractivity contribution is 0.329. The first-order valence-corrected chi connectivity index (χ1v) is 19.9. The van der Waals surface area contributed by atoms with Gasteiger partial charge in [0.25, 0.3) is 0 Å². The van der Waals surface area contributed by atoms with Crippen molar-refractivity contribution in [3.05, 3.63) is 0 Å². The van der Waals surface area contributed by atoms with E-state index in [0.717, 1.165) is 0 Å². The second kappa shape index (κ2) is 7.34. The molecule has 7 heteroatoms. The molecule has 0 saturated carbocycles. The monoisotopic (exact) mass is 352 g/mol. The third-order valence-electron chi connectivity index (χ3n) is 2.70. The number of rotatable bonds is 9. The van der Waals surface area contributed by atoms with E-state index >= 15 is 0 Å². The Morgan fingerprint density at radius 2 is 1.10 bits per heavy atom. The average Bonchev–Trinajstić information content (AvgIpc) is 2.05. The van der Waals surface area contributed by atoms with Crippen LogP contribution >= 0.6 is 0 Å². The summed E-state index contributed by atoms with van der Waals surface area (Å²) in [5, 5.41) is 0. The highest BCUT2D eigenvalue weighted by atomic mass is 28.5. The molecule has 0 aromatic rings. The molecule has 3 nitrogen and oxygen atoms in total. The van der Waals surface area contributed by atoms with Gasteiger partial charge in [-0.2, -0.15) is 0 Å². The van der Waals surface area contributed by atoms with Crippen molar-refractivity contribution in [3.8, 4) is 0 Å². The van der Waals surface area contributed by atoms with Gasteiger partial charge in [-0.15, -0.1) is 0 Å². The van der Waals surface area contributed by atoms with Crippen molar-refractivity contribution in [1.29, 1.82) is 0 Å². The van der Waals surface area contributed by atoms with Crippen molar-refractivity contribution in [3.63, 3.8) is 0 Å². The Kier molecular flexibility index (Phi) is 7.62. The van der Waals surface area contributed by atoms with Crippen LogP contribution in [0, 0.1) is 0 Å². The van der Waals surface area contributed by atoms with Crippen LogP contribution in [-0.4, -0.2) is 33.8 Å². The molecule has 0 radical (unpaired) electrons. The molecule has 20 heavy (non-hydrogen) atoms. The maximum Gasteiger partial charge on any atom is 0.312 e. The van der Waals surface area contributed by atoms with Crippen molar-refractivity contribution in [2.24, 2.45) is 0 Å². The van der Waals surface area contributed by atoms with E-state index in [4.69, 9.17) is 12.3 Å². The Morgan fingerprint density at radius 3 is 1.50 bits per heavy atom. The molecule has 0 spiro atoms. The minimum absolute atomic E-state index is 1.22. The van der Waals surface area contributed by atoms with Crippen molar-refractivity contribution in [2.45, 2.75) is 84.7 Å². The number of hydrogen-bond acceptors (Lipinski definition) is 3. The van der Waals surface area contributed by atoms with Crippen molar-refractivity contribution in [1.82, 2.24) is 0 Å². The molecule has 0 aliphatic rings. The Labute approximate surface area is 131 Å². The lowest BCUT2D eigenvalue weighted by atomic mass is 10.4. The second-order valence-electron chi connectivity index (χ2n) is 8.08. The van der Waals surface area contributed by atoms with Crippen LogP contribution in [-0.2, 0) is 12.3 Å². The quantitative estimate of drug-likeness (QED) is 0.528. The van der Waals surface area contributed by atoms with Gasteiger partial charge in [0.05, 0.1) is 0 Å². The predicted octanol–water partition coefficient (Wildman–Crippen LogP) is 5.28. The zero-order valence-corrected chi connectivity index (χ0v) is 19.3. The summed E-state index contributed by atoms with van der Waals surface area (Å²) in [6, 6.07) is 1.22. The lowest BCUT2D eigenvalue weighted by Gasteiger charge is -2.40. The first-order chi connectivity index (χ1) is 8.68. The predicted molar refractivity (Wildman–Crippen MR) is 98.8 cm³/mol. The third kappa shape index (κ3) is 10.5. The maximum absolute atomic E-state index is 6.50. The summed E-state index contributed by atoms with van der Waals surface area (Å²) in [5.41, 5.74) is 0. The molecule has 122 valence electrons. The van der Waals surface area contributed by atoms with Crippen LogP contribution in [0.15, 0.2) is 0 Å². The minimum Gasteiger partial charge on any atom is -0.437 e. The average molecular weight is 353 g/mol.